The largest absolute Gasteiger partial charge is 0.481 e. The predicted molar refractivity (Wildman–Crippen MR) is 168 cm³/mol. The zero-order chi connectivity index (χ0) is 33.8. The van der Waals surface area contributed by atoms with Gasteiger partial charge in [0.1, 0.15) is 0 Å². The molecule has 0 fully saturated rings. The maximum atomic E-state index is 14.0. The van der Waals surface area contributed by atoms with Crippen molar-refractivity contribution in [3.05, 3.63) is 100 Å². The Morgan fingerprint density at radius 3 is 2.26 bits per heavy atom. The summed E-state index contributed by atoms with van der Waals surface area (Å²) in [4.78, 5) is 37.9. The summed E-state index contributed by atoms with van der Waals surface area (Å²) >= 11 is 6.56. The number of nitrogens with one attached hydrogen (secondary N) is 1. The van der Waals surface area contributed by atoms with E-state index in [2.05, 4.69) is 10.4 Å². The van der Waals surface area contributed by atoms with Crippen molar-refractivity contribution in [3.8, 4) is 0 Å². The number of amides is 2. The van der Waals surface area contributed by atoms with E-state index in [1.54, 1.807) is 57.2 Å². The van der Waals surface area contributed by atoms with Crippen LogP contribution in [0.5, 0.6) is 0 Å². The Balaban J connectivity index is 1.57. The smallest absolute Gasteiger partial charge is 0.392 e. The zero-order valence-electron chi connectivity index (χ0n) is 25.8. The van der Waals surface area contributed by atoms with Gasteiger partial charge < -0.3 is 15.2 Å². The summed E-state index contributed by atoms with van der Waals surface area (Å²) in [7, 11) is 0. The molecule has 0 aromatic heterocycles. The van der Waals surface area contributed by atoms with Crippen LogP contribution in [0.15, 0.2) is 77.9 Å². The Morgan fingerprint density at radius 1 is 1.02 bits per heavy atom. The number of benzene rings is 3. The first-order chi connectivity index (χ1) is 21.6. The molecule has 1 aliphatic rings. The molecule has 46 heavy (non-hydrogen) atoms. The third-order valence-corrected chi connectivity index (χ3v) is 8.37. The van der Waals surface area contributed by atoms with Gasteiger partial charge in [0, 0.05) is 5.56 Å². The summed E-state index contributed by atoms with van der Waals surface area (Å²) in [6.07, 6.45) is -4.63. The molecular formula is C34H35ClF3N3O5. The average Bonchev–Trinajstić information content (AvgIpc) is 2.98. The SMILES string of the molecule is CC(C(C(=O)Nc1cccc(CC(C(=O)O)C(C)(C)C)c1Cl)c1ccc(CN2N=C(c3ccccc3)OCC2=O)cc1)C(F)(F)F. The van der Waals surface area contributed by atoms with Gasteiger partial charge in [-0.2, -0.15) is 13.2 Å². The van der Waals surface area contributed by atoms with Crippen LogP contribution in [0.25, 0.3) is 0 Å². The number of nitrogens with zero attached hydrogens (tertiary/aromatic N) is 2. The topological polar surface area (TPSA) is 108 Å². The number of carboxylic acids is 1. The summed E-state index contributed by atoms with van der Waals surface area (Å²) < 4.78 is 47.6. The van der Waals surface area contributed by atoms with E-state index in [-0.39, 0.29) is 47.7 Å². The number of ether oxygens (including phenoxy) is 1. The lowest BCUT2D eigenvalue weighted by atomic mass is 9.77. The minimum absolute atomic E-state index is 0.0405. The van der Waals surface area contributed by atoms with Crippen LogP contribution in [0.4, 0.5) is 18.9 Å². The van der Waals surface area contributed by atoms with Crippen LogP contribution in [-0.2, 0) is 32.1 Å². The number of carboxylic acid groups (broad SMARTS) is 1. The van der Waals surface area contributed by atoms with Gasteiger partial charge in [-0.25, -0.2) is 5.01 Å². The van der Waals surface area contributed by atoms with E-state index in [0.29, 0.717) is 16.7 Å². The summed E-state index contributed by atoms with van der Waals surface area (Å²) in [6, 6.07) is 19.6. The first-order valence-electron chi connectivity index (χ1n) is 14.6. The Hall–Kier alpha value is -4.38. The second-order valence-corrected chi connectivity index (χ2v) is 12.7. The van der Waals surface area contributed by atoms with E-state index >= 15 is 0 Å². The highest BCUT2D eigenvalue weighted by atomic mass is 35.5. The van der Waals surface area contributed by atoms with E-state index in [1.807, 2.05) is 18.2 Å². The van der Waals surface area contributed by atoms with Gasteiger partial charge >= 0.3 is 12.1 Å². The molecule has 1 aliphatic heterocycles. The molecule has 3 aromatic carbocycles. The summed E-state index contributed by atoms with van der Waals surface area (Å²) in [5.74, 6) is -6.55. The highest BCUT2D eigenvalue weighted by Crippen LogP contribution is 2.39. The second-order valence-electron chi connectivity index (χ2n) is 12.3. The lowest BCUT2D eigenvalue weighted by molar-refractivity contribution is -0.178. The van der Waals surface area contributed by atoms with Gasteiger partial charge in [0.2, 0.25) is 11.8 Å². The van der Waals surface area contributed by atoms with E-state index in [4.69, 9.17) is 16.3 Å². The second kappa shape index (κ2) is 13.9. The van der Waals surface area contributed by atoms with Gasteiger partial charge in [0.15, 0.2) is 6.61 Å². The standard InChI is InChI=1S/C34H35ClF3N3O5/c1-20(34(36,37)38)28(30(43)39-26-12-8-11-24(29(26)35)17-25(32(44)45)33(2,3)4)22-15-13-21(14-16-22)18-41-27(42)19-46-31(40-41)23-9-6-5-7-10-23/h5-16,20,25,28H,17-19H2,1-4H3,(H,39,43)(H,44,45). The van der Waals surface area contributed by atoms with Gasteiger partial charge in [0.05, 0.1) is 35.0 Å². The molecule has 2 amide bonds. The van der Waals surface area contributed by atoms with E-state index in [9.17, 15) is 32.7 Å². The van der Waals surface area contributed by atoms with Crippen LogP contribution < -0.4 is 5.32 Å². The number of aliphatic carboxylic acids is 1. The molecule has 0 aliphatic carbocycles. The van der Waals surface area contributed by atoms with Crippen LogP contribution in [-0.4, -0.2) is 46.6 Å². The van der Waals surface area contributed by atoms with Crippen LogP contribution >= 0.6 is 11.6 Å². The number of carbonyl (C=O) groups is 3. The molecule has 0 saturated carbocycles. The van der Waals surface area contributed by atoms with Crippen LogP contribution in [0.1, 0.15) is 55.9 Å². The van der Waals surface area contributed by atoms with Crippen molar-refractivity contribution in [2.24, 2.45) is 22.4 Å². The van der Waals surface area contributed by atoms with Crippen molar-refractivity contribution in [2.75, 3.05) is 11.9 Å². The van der Waals surface area contributed by atoms with Gasteiger partial charge in [-0.1, -0.05) is 93.9 Å². The molecule has 1 heterocycles. The fourth-order valence-corrected chi connectivity index (χ4v) is 5.38. The molecule has 3 aromatic rings. The third kappa shape index (κ3) is 8.25. The summed E-state index contributed by atoms with van der Waals surface area (Å²) in [6.45, 7) is 6.12. The third-order valence-electron chi connectivity index (χ3n) is 7.93. The molecule has 3 atom stereocenters. The average molecular weight is 658 g/mol. The number of hydrogen-bond acceptors (Lipinski definition) is 5. The molecule has 12 heteroatoms. The van der Waals surface area contributed by atoms with Gasteiger partial charge in [0.25, 0.3) is 5.91 Å². The Kier molecular flexibility index (Phi) is 10.5. The number of hydrazone groups is 1. The monoisotopic (exact) mass is 657 g/mol. The Morgan fingerprint density at radius 2 is 1.67 bits per heavy atom. The number of halogens is 4. The van der Waals surface area contributed by atoms with Crippen molar-refractivity contribution >= 4 is 41.0 Å². The Labute approximate surface area is 270 Å². The lowest BCUT2D eigenvalue weighted by Crippen LogP contribution is -2.36. The molecule has 0 spiro atoms. The van der Waals surface area contributed by atoms with Crippen molar-refractivity contribution < 1.29 is 37.4 Å². The van der Waals surface area contributed by atoms with E-state index < -0.39 is 41.2 Å². The number of rotatable bonds is 10. The fourth-order valence-electron chi connectivity index (χ4n) is 5.13. The van der Waals surface area contributed by atoms with Crippen LogP contribution in [0, 0.1) is 17.3 Å². The normalized spacial score (nSPS) is 15.8. The molecule has 0 radical (unpaired) electrons. The molecule has 4 rings (SSSR count). The van der Waals surface area contributed by atoms with Gasteiger partial charge in [-0.05, 0) is 46.7 Å². The highest BCUT2D eigenvalue weighted by molar-refractivity contribution is 6.34. The molecule has 0 saturated heterocycles. The molecule has 0 bridgehead atoms. The Bertz CT molecular complexity index is 1600. The first kappa shape index (κ1) is 34.5. The number of hydrogen-bond donors (Lipinski definition) is 2. The lowest BCUT2D eigenvalue weighted by Gasteiger charge is -2.28. The quantitative estimate of drug-likeness (QED) is 0.238. The number of anilines is 1. The summed E-state index contributed by atoms with van der Waals surface area (Å²) in [5, 5.41) is 17.9. The van der Waals surface area contributed by atoms with E-state index in [0.717, 1.165) is 6.92 Å². The van der Waals surface area contributed by atoms with Gasteiger partial charge in [-0.15, -0.1) is 5.10 Å². The van der Waals surface area contributed by atoms with Crippen LogP contribution in [0.3, 0.4) is 0 Å². The molecular weight excluding hydrogens is 623 g/mol. The molecule has 8 nitrogen and oxygen atoms in total. The molecule has 2 N–H and O–H groups in total. The van der Waals surface area contributed by atoms with Crippen LogP contribution in [0.2, 0.25) is 5.02 Å². The highest BCUT2D eigenvalue weighted by Gasteiger charge is 2.45. The first-order valence-corrected chi connectivity index (χ1v) is 15.0. The van der Waals surface area contributed by atoms with Crippen molar-refractivity contribution in [1.29, 1.82) is 0 Å². The van der Waals surface area contributed by atoms with Crippen molar-refractivity contribution in [2.45, 2.75) is 52.8 Å². The maximum Gasteiger partial charge on any atom is 0.392 e. The van der Waals surface area contributed by atoms with Crippen molar-refractivity contribution in [3.63, 3.8) is 0 Å². The van der Waals surface area contributed by atoms with Crippen molar-refractivity contribution in [1.82, 2.24) is 5.01 Å². The van der Waals surface area contributed by atoms with Gasteiger partial charge in [-0.3, -0.25) is 14.4 Å². The van der Waals surface area contributed by atoms with E-state index in [1.165, 1.54) is 23.2 Å². The maximum absolute atomic E-state index is 14.0. The zero-order valence-corrected chi connectivity index (χ0v) is 26.5. The molecule has 244 valence electrons. The summed E-state index contributed by atoms with van der Waals surface area (Å²) in [5.41, 5.74) is 1.31. The number of alkyl halides is 3. The predicted octanol–water partition coefficient (Wildman–Crippen LogP) is 7.27. The number of carbonyl (C=O) groups excluding carboxylic acids is 2. The fraction of sp³-hybridized carbons (Fsp3) is 0.353. The minimum atomic E-state index is -4.70. The molecule has 3 unspecified atom stereocenters. The minimum Gasteiger partial charge on any atom is -0.481 e.